The van der Waals surface area contributed by atoms with E-state index in [0.29, 0.717) is 11.5 Å². The number of phenolic OH excluding ortho intramolecular Hbond substituents is 2. The monoisotopic (exact) mass is 250 g/mol. The second-order valence-corrected chi connectivity index (χ2v) is 5.50. The van der Waals surface area contributed by atoms with Gasteiger partial charge in [-0.1, -0.05) is 33.6 Å². The molecule has 0 atom stereocenters. The van der Waals surface area contributed by atoms with Crippen LogP contribution in [0.2, 0.25) is 0 Å². The number of aryl methyl sites for hydroxylation is 1. The van der Waals surface area contributed by atoms with Crippen LogP contribution in [0.25, 0.3) is 0 Å². The lowest BCUT2D eigenvalue weighted by Crippen LogP contribution is -1.95. The van der Waals surface area contributed by atoms with Gasteiger partial charge in [0.1, 0.15) is 11.5 Å². The molecule has 0 fully saturated rings. The Bertz CT molecular complexity index is 346. The van der Waals surface area contributed by atoms with Crippen LogP contribution in [0.4, 0.5) is 0 Å². The van der Waals surface area contributed by atoms with Crippen molar-refractivity contribution in [3.8, 4) is 11.5 Å². The van der Waals surface area contributed by atoms with Gasteiger partial charge in [0.15, 0.2) is 0 Å². The minimum absolute atomic E-state index is 0.252. The van der Waals surface area contributed by atoms with E-state index in [1.165, 1.54) is 12.8 Å². The van der Waals surface area contributed by atoms with Crippen molar-refractivity contribution < 1.29 is 10.2 Å². The molecule has 0 spiro atoms. The second-order valence-electron chi connectivity index (χ2n) is 5.50. The number of phenols is 2. The first-order valence-corrected chi connectivity index (χ1v) is 7.08. The first-order valence-electron chi connectivity index (χ1n) is 7.08. The highest BCUT2D eigenvalue weighted by atomic mass is 16.3. The third-order valence-electron chi connectivity index (χ3n) is 3.30. The Morgan fingerprint density at radius 2 is 1.61 bits per heavy atom. The molecule has 0 bridgehead atoms. The highest BCUT2D eigenvalue weighted by Crippen LogP contribution is 2.31. The Hall–Kier alpha value is -1.18. The maximum Gasteiger partial charge on any atom is 0.122 e. The summed E-state index contributed by atoms with van der Waals surface area (Å²) in [5, 5.41) is 20.0. The normalized spacial score (nSPS) is 11.1. The van der Waals surface area contributed by atoms with E-state index in [9.17, 15) is 10.2 Å². The molecule has 2 N–H and O–H groups in total. The fourth-order valence-electron chi connectivity index (χ4n) is 2.11. The minimum Gasteiger partial charge on any atom is -0.508 e. The van der Waals surface area contributed by atoms with Crippen molar-refractivity contribution in [2.75, 3.05) is 0 Å². The molecule has 1 aromatic rings. The summed E-state index contributed by atoms with van der Waals surface area (Å²) in [7, 11) is 0. The average molecular weight is 250 g/mol. The molecule has 0 unspecified atom stereocenters. The maximum absolute atomic E-state index is 9.98. The Kier molecular flexibility index (Phi) is 6.03. The summed E-state index contributed by atoms with van der Waals surface area (Å²) in [6.07, 6.45) is 6.14. The number of hydrogen-bond donors (Lipinski definition) is 2. The predicted octanol–water partition coefficient (Wildman–Crippen LogP) is 4.42. The lowest BCUT2D eigenvalue weighted by molar-refractivity contribution is 0.431. The number of unbranched alkanes of at least 4 members (excludes halogenated alkanes) is 2. The molecular formula is C16H26O2. The van der Waals surface area contributed by atoms with Gasteiger partial charge in [0, 0.05) is 5.56 Å². The van der Waals surface area contributed by atoms with Crippen molar-refractivity contribution in [3.05, 3.63) is 23.3 Å². The zero-order valence-electron chi connectivity index (χ0n) is 11.9. The van der Waals surface area contributed by atoms with Gasteiger partial charge in [0.25, 0.3) is 0 Å². The van der Waals surface area contributed by atoms with Crippen LogP contribution in [0, 0.1) is 5.92 Å². The highest BCUT2D eigenvalue weighted by molar-refractivity contribution is 5.46. The predicted molar refractivity (Wildman–Crippen MR) is 76.2 cm³/mol. The van der Waals surface area contributed by atoms with Gasteiger partial charge in [-0.05, 0) is 49.3 Å². The van der Waals surface area contributed by atoms with Crippen molar-refractivity contribution in [3.63, 3.8) is 0 Å². The summed E-state index contributed by atoms with van der Waals surface area (Å²) in [5.74, 6) is 1.08. The summed E-state index contributed by atoms with van der Waals surface area (Å²) in [6.45, 7) is 6.46. The average Bonchev–Trinajstić information content (AvgIpc) is 2.28. The van der Waals surface area contributed by atoms with Gasteiger partial charge < -0.3 is 10.2 Å². The van der Waals surface area contributed by atoms with Gasteiger partial charge in [-0.3, -0.25) is 0 Å². The van der Waals surface area contributed by atoms with Crippen LogP contribution in [-0.2, 0) is 12.8 Å². The topological polar surface area (TPSA) is 40.5 Å². The SMILES string of the molecule is CCCCCc1cc(O)c(CCC(C)C)c(O)c1. The molecule has 0 aliphatic rings. The summed E-state index contributed by atoms with van der Waals surface area (Å²) in [4.78, 5) is 0. The van der Waals surface area contributed by atoms with Crippen LogP contribution in [-0.4, -0.2) is 10.2 Å². The molecule has 0 heterocycles. The fourth-order valence-corrected chi connectivity index (χ4v) is 2.11. The van der Waals surface area contributed by atoms with Crippen molar-refractivity contribution in [1.29, 1.82) is 0 Å². The molecule has 18 heavy (non-hydrogen) atoms. The molecule has 0 radical (unpaired) electrons. The van der Waals surface area contributed by atoms with Crippen LogP contribution in [0.5, 0.6) is 11.5 Å². The second kappa shape index (κ2) is 7.30. The van der Waals surface area contributed by atoms with Crippen molar-refractivity contribution in [2.24, 2.45) is 5.92 Å². The molecule has 0 saturated heterocycles. The van der Waals surface area contributed by atoms with E-state index >= 15 is 0 Å². The summed E-state index contributed by atoms with van der Waals surface area (Å²) >= 11 is 0. The molecule has 2 nitrogen and oxygen atoms in total. The standard InChI is InChI=1S/C16H26O2/c1-4-5-6-7-13-10-15(17)14(16(18)11-13)9-8-12(2)3/h10-12,17-18H,4-9H2,1-3H3. The third kappa shape index (κ3) is 4.59. The van der Waals surface area contributed by atoms with E-state index < -0.39 is 0 Å². The van der Waals surface area contributed by atoms with Gasteiger partial charge in [-0.2, -0.15) is 0 Å². The van der Waals surface area contributed by atoms with E-state index in [0.717, 1.165) is 31.2 Å². The van der Waals surface area contributed by atoms with Crippen molar-refractivity contribution >= 4 is 0 Å². The Morgan fingerprint density at radius 3 is 2.11 bits per heavy atom. The Morgan fingerprint density at radius 1 is 1.00 bits per heavy atom. The van der Waals surface area contributed by atoms with E-state index in [2.05, 4.69) is 20.8 Å². The van der Waals surface area contributed by atoms with E-state index in [1.54, 1.807) is 0 Å². The first kappa shape index (κ1) is 14.9. The summed E-state index contributed by atoms with van der Waals surface area (Å²) in [6, 6.07) is 3.62. The van der Waals surface area contributed by atoms with Crippen LogP contribution >= 0.6 is 0 Å². The lowest BCUT2D eigenvalue weighted by atomic mass is 9.98. The number of benzene rings is 1. The van der Waals surface area contributed by atoms with E-state index in [-0.39, 0.29) is 11.5 Å². The largest absolute Gasteiger partial charge is 0.508 e. The molecule has 2 heteroatoms. The van der Waals surface area contributed by atoms with E-state index in [1.807, 2.05) is 12.1 Å². The zero-order valence-corrected chi connectivity index (χ0v) is 11.9. The maximum atomic E-state index is 9.98. The Labute approximate surface area is 111 Å². The summed E-state index contributed by atoms with van der Waals surface area (Å²) in [5.41, 5.74) is 1.73. The fraction of sp³-hybridized carbons (Fsp3) is 0.625. The van der Waals surface area contributed by atoms with Gasteiger partial charge in [-0.15, -0.1) is 0 Å². The molecule has 1 rings (SSSR count). The smallest absolute Gasteiger partial charge is 0.122 e. The van der Waals surface area contributed by atoms with Crippen LogP contribution in [0.3, 0.4) is 0 Å². The highest BCUT2D eigenvalue weighted by Gasteiger charge is 2.10. The first-order chi connectivity index (χ1) is 8.54. The van der Waals surface area contributed by atoms with E-state index in [4.69, 9.17) is 0 Å². The van der Waals surface area contributed by atoms with Gasteiger partial charge >= 0.3 is 0 Å². The van der Waals surface area contributed by atoms with Crippen LogP contribution < -0.4 is 0 Å². The lowest BCUT2D eigenvalue weighted by Gasteiger charge is -2.11. The Balaban J connectivity index is 2.71. The molecule has 0 aliphatic carbocycles. The van der Waals surface area contributed by atoms with Gasteiger partial charge in [0.2, 0.25) is 0 Å². The summed E-state index contributed by atoms with van der Waals surface area (Å²) < 4.78 is 0. The van der Waals surface area contributed by atoms with Crippen LogP contribution in [0.15, 0.2) is 12.1 Å². The molecule has 0 amide bonds. The number of aromatic hydroxyl groups is 2. The molecule has 0 aromatic heterocycles. The molecule has 102 valence electrons. The quantitative estimate of drug-likeness (QED) is 0.703. The van der Waals surface area contributed by atoms with Crippen LogP contribution in [0.1, 0.15) is 57.6 Å². The number of hydrogen-bond acceptors (Lipinski definition) is 2. The molecule has 0 aliphatic heterocycles. The number of rotatable bonds is 7. The third-order valence-corrected chi connectivity index (χ3v) is 3.30. The van der Waals surface area contributed by atoms with Gasteiger partial charge in [0.05, 0.1) is 0 Å². The van der Waals surface area contributed by atoms with Gasteiger partial charge in [-0.25, -0.2) is 0 Å². The molecule has 1 aromatic carbocycles. The molecule has 0 saturated carbocycles. The minimum atomic E-state index is 0.252. The zero-order chi connectivity index (χ0) is 13.5. The molecular weight excluding hydrogens is 224 g/mol. The van der Waals surface area contributed by atoms with Crippen molar-refractivity contribution in [2.45, 2.75) is 59.3 Å². The van der Waals surface area contributed by atoms with Crippen molar-refractivity contribution in [1.82, 2.24) is 0 Å².